The molecule has 1 aliphatic carbocycles. The van der Waals surface area contributed by atoms with Gasteiger partial charge in [0.15, 0.2) is 0 Å². The fraction of sp³-hybridized carbons (Fsp3) is 0.538. The minimum absolute atomic E-state index is 0.692. The molecule has 0 radical (unpaired) electrons. The van der Waals surface area contributed by atoms with Crippen LogP contribution >= 0.6 is 0 Å². The maximum atomic E-state index is 10.0. The highest BCUT2D eigenvalue weighted by molar-refractivity contribution is 5.35. The van der Waals surface area contributed by atoms with E-state index < -0.39 is 5.60 Å². The van der Waals surface area contributed by atoms with Crippen molar-refractivity contribution in [1.29, 1.82) is 0 Å². The van der Waals surface area contributed by atoms with Gasteiger partial charge in [-0.25, -0.2) is 0 Å². The van der Waals surface area contributed by atoms with Crippen LogP contribution in [0.2, 0.25) is 0 Å². The minimum atomic E-state index is -0.702. The first-order valence-corrected chi connectivity index (χ1v) is 5.41. The summed E-state index contributed by atoms with van der Waals surface area (Å²) in [5.74, 6) is 0.692. The minimum Gasteiger partial charge on any atom is -0.386 e. The van der Waals surface area contributed by atoms with E-state index in [1.807, 2.05) is 26.0 Å². The summed E-state index contributed by atoms with van der Waals surface area (Å²) in [5.41, 5.74) is 1.75. The van der Waals surface area contributed by atoms with Crippen molar-refractivity contribution in [2.75, 3.05) is 0 Å². The van der Waals surface area contributed by atoms with E-state index in [4.69, 9.17) is 0 Å². The second kappa shape index (κ2) is 3.39. The van der Waals surface area contributed by atoms with Gasteiger partial charge >= 0.3 is 0 Å². The lowest BCUT2D eigenvalue weighted by Gasteiger charge is -2.31. The van der Waals surface area contributed by atoms with Crippen LogP contribution in [0.15, 0.2) is 24.3 Å². The van der Waals surface area contributed by atoms with Gasteiger partial charge in [-0.15, -0.1) is 0 Å². The molecule has 1 aromatic carbocycles. The molecule has 1 aromatic rings. The van der Waals surface area contributed by atoms with E-state index in [1.165, 1.54) is 24.8 Å². The highest BCUT2D eigenvalue weighted by Crippen LogP contribution is 2.40. The maximum Gasteiger partial charge on any atom is 0.0843 e. The summed E-state index contributed by atoms with van der Waals surface area (Å²) in [7, 11) is 0. The van der Waals surface area contributed by atoms with Crippen LogP contribution in [-0.2, 0) is 5.60 Å². The van der Waals surface area contributed by atoms with Gasteiger partial charge in [-0.2, -0.15) is 0 Å². The molecule has 0 unspecified atom stereocenters. The normalized spacial score (nSPS) is 17.9. The van der Waals surface area contributed by atoms with Crippen LogP contribution in [0.1, 0.15) is 50.2 Å². The van der Waals surface area contributed by atoms with Crippen LogP contribution in [0, 0.1) is 0 Å². The molecule has 0 aliphatic heterocycles. The van der Waals surface area contributed by atoms with Crippen LogP contribution in [-0.4, -0.2) is 5.11 Å². The third-order valence-corrected chi connectivity index (χ3v) is 3.16. The summed E-state index contributed by atoms with van der Waals surface area (Å²) >= 11 is 0. The zero-order valence-corrected chi connectivity index (χ0v) is 8.96. The van der Waals surface area contributed by atoms with Crippen molar-refractivity contribution in [2.45, 2.75) is 44.6 Å². The summed E-state index contributed by atoms with van der Waals surface area (Å²) < 4.78 is 0. The Morgan fingerprint density at radius 1 is 1.21 bits per heavy atom. The fourth-order valence-electron chi connectivity index (χ4n) is 2.13. The maximum absolute atomic E-state index is 10.0. The number of hydrogen-bond donors (Lipinski definition) is 1. The summed E-state index contributed by atoms with van der Waals surface area (Å²) in [4.78, 5) is 0. The van der Waals surface area contributed by atoms with E-state index in [0.717, 1.165) is 5.56 Å². The van der Waals surface area contributed by atoms with Crippen LogP contribution in [0.4, 0.5) is 0 Å². The first-order valence-electron chi connectivity index (χ1n) is 5.41. The lowest BCUT2D eigenvalue weighted by molar-refractivity contribution is 0.0766. The molecule has 1 nitrogen and oxygen atoms in total. The van der Waals surface area contributed by atoms with Crippen LogP contribution in [0.5, 0.6) is 0 Å². The van der Waals surface area contributed by atoms with E-state index in [-0.39, 0.29) is 0 Å². The van der Waals surface area contributed by atoms with Gasteiger partial charge < -0.3 is 5.11 Å². The third kappa shape index (κ3) is 1.69. The third-order valence-electron chi connectivity index (χ3n) is 3.16. The largest absolute Gasteiger partial charge is 0.386 e. The molecule has 76 valence electrons. The SMILES string of the molecule is CC(C)(O)c1ccccc1C1CCC1. The molecule has 0 spiro atoms. The van der Waals surface area contributed by atoms with Gasteiger partial charge in [0.1, 0.15) is 0 Å². The smallest absolute Gasteiger partial charge is 0.0843 e. The van der Waals surface area contributed by atoms with Crippen molar-refractivity contribution in [2.24, 2.45) is 0 Å². The highest BCUT2D eigenvalue weighted by Gasteiger charge is 2.27. The average Bonchev–Trinajstić information content (AvgIpc) is 2.00. The number of hydrogen-bond acceptors (Lipinski definition) is 1. The molecule has 1 N–H and O–H groups in total. The number of aliphatic hydroxyl groups is 1. The highest BCUT2D eigenvalue weighted by atomic mass is 16.3. The van der Waals surface area contributed by atoms with Crippen LogP contribution < -0.4 is 0 Å². The molecule has 0 amide bonds. The molecule has 2 rings (SSSR count). The Bertz CT molecular complexity index is 318. The summed E-state index contributed by atoms with van der Waals surface area (Å²) in [6.07, 6.45) is 3.91. The Kier molecular flexibility index (Phi) is 2.36. The molecule has 0 aromatic heterocycles. The monoisotopic (exact) mass is 190 g/mol. The molecule has 0 saturated heterocycles. The standard InChI is InChI=1S/C13H18O/c1-13(2,14)12-9-4-3-8-11(12)10-6-5-7-10/h3-4,8-10,14H,5-7H2,1-2H3. The molecule has 1 saturated carbocycles. The molecule has 0 bridgehead atoms. The van der Waals surface area contributed by atoms with Gasteiger partial charge in [0.2, 0.25) is 0 Å². The molecule has 0 heterocycles. The van der Waals surface area contributed by atoms with Crippen molar-refractivity contribution in [3.8, 4) is 0 Å². The van der Waals surface area contributed by atoms with Crippen LogP contribution in [0.25, 0.3) is 0 Å². The van der Waals surface area contributed by atoms with Gasteiger partial charge in [-0.05, 0) is 43.7 Å². The molecule has 1 fully saturated rings. The molecule has 1 heteroatoms. The summed E-state index contributed by atoms with van der Waals surface area (Å²) in [5, 5.41) is 10.0. The molecular weight excluding hydrogens is 172 g/mol. The molecule has 0 atom stereocenters. The van der Waals surface area contributed by atoms with E-state index in [0.29, 0.717) is 5.92 Å². The predicted molar refractivity (Wildman–Crippen MR) is 58.3 cm³/mol. The second-order valence-electron chi connectivity index (χ2n) is 4.77. The lowest BCUT2D eigenvalue weighted by Crippen LogP contribution is -2.21. The summed E-state index contributed by atoms with van der Waals surface area (Å²) in [6.45, 7) is 3.73. The molecule has 14 heavy (non-hydrogen) atoms. The lowest BCUT2D eigenvalue weighted by atomic mass is 9.76. The van der Waals surface area contributed by atoms with Crippen LogP contribution in [0.3, 0.4) is 0 Å². The van der Waals surface area contributed by atoms with Gasteiger partial charge in [-0.3, -0.25) is 0 Å². The first kappa shape index (κ1) is 9.72. The zero-order valence-electron chi connectivity index (χ0n) is 8.96. The quantitative estimate of drug-likeness (QED) is 0.759. The fourth-order valence-corrected chi connectivity index (χ4v) is 2.13. The van der Waals surface area contributed by atoms with Crippen molar-refractivity contribution < 1.29 is 5.11 Å². The van der Waals surface area contributed by atoms with Crippen molar-refractivity contribution >= 4 is 0 Å². The van der Waals surface area contributed by atoms with E-state index in [9.17, 15) is 5.11 Å². The number of rotatable bonds is 2. The number of benzene rings is 1. The molecule has 1 aliphatic rings. The second-order valence-corrected chi connectivity index (χ2v) is 4.77. The van der Waals surface area contributed by atoms with Crippen molar-refractivity contribution in [3.05, 3.63) is 35.4 Å². The van der Waals surface area contributed by atoms with E-state index in [2.05, 4.69) is 12.1 Å². The Balaban J connectivity index is 2.38. The van der Waals surface area contributed by atoms with Gasteiger partial charge in [0.25, 0.3) is 0 Å². The first-order chi connectivity index (χ1) is 6.59. The Morgan fingerprint density at radius 3 is 2.36 bits per heavy atom. The van der Waals surface area contributed by atoms with Gasteiger partial charge in [0.05, 0.1) is 5.60 Å². The molecular formula is C13H18O. The van der Waals surface area contributed by atoms with Gasteiger partial charge in [0, 0.05) is 0 Å². The summed E-state index contributed by atoms with van der Waals surface area (Å²) in [6, 6.07) is 8.29. The Morgan fingerprint density at radius 2 is 1.86 bits per heavy atom. The van der Waals surface area contributed by atoms with Crippen molar-refractivity contribution in [3.63, 3.8) is 0 Å². The Labute approximate surface area is 85.8 Å². The van der Waals surface area contributed by atoms with E-state index >= 15 is 0 Å². The topological polar surface area (TPSA) is 20.2 Å². The van der Waals surface area contributed by atoms with Gasteiger partial charge in [-0.1, -0.05) is 30.7 Å². The Hall–Kier alpha value is -0.820. The van der Waals surface area contributed by atoms with E-state index in [1.54, 1.807) is 0 Å². The van der Waals surface area contributed by atoms with Crippen molar-refractivity contribution in [1.82, 2.24) is 0 Å². The average molecular weight is 190 g/mol. The predicted octanol–water partition coefficient (Wildman–Crippen LogP) is 3.18. The zero-order chi connectivity index (χ0) is 10.2.